The molecule has 2 N–H and O–H groups in total. The topological polar surface area (TPSA) is 75.6 Å². The van der Waals surface area contributed by atoms with Gasteiger partial charge in [0.25, 0.3) is 5.56 Å². The highest BCUT2D eigenvalue weighted by Crippen LogP contribution is 2.14. The SMILES string of the molecule is CNCc1nc2ncn(Cc3cccc(Cl)c3)c2c(=O)[nH]1.Cl.Cl. The fourth-order valence-corrected chi connectivity index (χ4v) is 2.45. The lowest BCUT2D eigenvalue weighted by molar-refractivity contribution is 0.756. The van der Waals surface area contributed by atoms with Crippen LogP contribution in [-0.2, 0) is 13.1 Å². The molecule has 0 saturated heterocycles. The van der Waals surface area contributed by atoms with Crippen LogP contribution in [0, 0.1) is 0 Å². The van der Waals surface area contributed by atoms with Gasteiger partial charge in [0.1, 0.15) is 5.82 Å². The van der Waals surface area contributed by atoms with Crippen molar-refractivity contribution in [2.45, 2.75) is 13.1 Å². The van der Waals surface area contributed by atoms with Crippen molar-refractivity contribution in [1.82, 2.24) is 24.8 Å². The van der Waals surface area contributed by atoms with Gasteiger partial charge in [-0.1, -0.05) is 23.7 Å². The van der Waals surface area contributed by atoms with Crippen molar-refractivity contribution in [3.8, 4) is 0 Å². The van der Waals surface area contributed by atoms with Gasteiger partial charge < -0.3 is 14.9 Å². The number of benzene rings is 1. The fourth-order valence-electron chi connectivity index (χ4n) is 2.23. The average Bonchev–Trinajstić information content (AvgIpc) is 2.83. The van der Waals surface area contributed by atoms with Gasteiger partial charge in [-0.05, 0) is 24.7 Å². The number of nitrogens with one attached hydrogen (secondary N) is 2. The first-order chi connectivity index (χ1) is 10.2. The van der Waals surface area contributed by atoms with Crippen LogP contribution in [0.3, 0.4) is 0 Å². The Bertz CT molecular complexity index is 846. The highest BCUT2D eigenvalue weighted by atomic mass is 35.5. The van der Waals surface area contributed by atoms with E-state index in [1.54, 1.807) is 17.9 Å². The average molecular weight is 377 g/mol. The summed E-state index contributed by atoms with van der Waals surface area (Å²) in [7, 11) is 1.79. The van der Waals surface area contributed by atoms with Crippen LogP contribution in [0.2, 0.25) is 5.02 Å². The van der Waals surface area contributed by atoms with E-state index >= 15 is 0 Å². The quantitative estimate of drug-likeness (QED) is 0.733. The predicted octanol–water partition coefficient (Wildman–Crippen LogP) is 2.38. The third kappa shape index (κ3) is 4.23. The van der Waals surface area contributed by atoms with Crippen LogP contribution in [0.25, 0.3) is 11.2 Å². The zero-order chi connectivity index (χ0) is 14.8. The third-order valence-corrected chi connectivity index (χ3v) is 3.35. The van der Waals surface area contributed by atoms with E-state index in [0.29, 0.717) is 35.1 Å². The third-order valence-electron chi connectivity index (χ3n) is 3.12. The van der Waals surface area contributed by atoms with E-state index in [1.807, 2.05) is 24.3 Å². The lowest BCUT2D eigenvalue weighted by Crippen LogP contribution is -2.18. The van der Waals surface area contributed by atoms with Crippen molar-refractivity contribution in [2.24, 2.45) is 0 Å². The van der Waals surface area contributed by atoms with E-state index in [-0.39, 0.29) is 30.4 Å². The molecule has 0 radical (unpaired) electrons. The van der Waals surface area contributed by atoms with Crippen molar-refractivity contribution in [2.75, 3.05) is 7.05 Å². The number of imidazole rings is 1. The number of nitrogens with zero attached hydrogens (tertiary/aromatic N) is 3. The first-order valence-corrected chi connectivity index (χ1v) is 6.88. The molecule has 0 bridgehead atoms. The molecule has 2 heterocycles. The Labute approximate surface area is 150 Å². The molecule has 9 heteroatoms. The van der Waals surface area contributed by atoms with Crippen molar-refractivity contribution in [3.63, 3.8) is 0 Å². The van der Waals surface area contributed by atoms with Crippen LogP contribution in [0.4, 0.5) is 0 Å². The summed E-state index contributed by atoms with van der Waals surface area (Å²) in [5.41, 5.74) is 1.73. The first kappa shape index (κ1) is 19.4. The van der Waals surface area contributed by atoms with Gasteiger partial charge in [0, 0.05) is 11.6 Å². The molecule has 124 valence electrons. The highest BCUT2D eigenvalue weighted by Gasteiger charge is 2.10. The van der Waals surface area contributed by atoms with Crippen LogP contribution in [-0.4, -0.2) is 26.6 Å². The minimum atomic E-state index is -0.190. The monoisotopic (exact) mass is 375 g/mol. The molecule has 6 nitrogen and oxygen atoms in total. The number of H-pyrrole nitrogens is 1. The Hall–Kier alpha value is -1.60. The zero-order valence-electron chi connectivity index (χ0n) is 12.2. The Morgan fingerprint density at radius 2 is 2.13 bits per heavy atom. The van der Waals surface area contributed by atoms with E-state index in [9.17, 15) is 4.79 Å². The van der Waals surface area contributed by atoms with Gasteiger partial charge in [0.05, 0.1) is 12.9 Å². The number of aromatic nitrogens is 4. The summed E-state index contributed by atoms with van der Waals surface area (Å²) in [6.07, 6.45) is 1.62. The zero-order valence-corrected chi connectivity index (χ0v) is 14.6. The van der Waals surface area contributed by atoms with E-state index in [0.717, 1.165) is 5.56 Å². The Balaban J connectivity index is 0.00000132. The van der Waals surface area contributed by atoms with Crippen LogP contribution in [0.5, 0.6) is 0 Å². The Morgan fingerprint density at radius 3 is 2.83 bits per heavy atom. The molecule has 0 aliphatic rings. The molecule has 0 fully saturated rings. The van der Waals surface area contributed by atoms with Crippen molar-refractivity contribution >= 4 is 47.6 Å². The maximum absolute atomic E-state index is 12.2. The van der Waals surface area contributed by atoms with E-state index in [4.69, 9.17) is 11.6 Å². The number of halogens is 3. The highest BCUT2D eigenvalue weighted by molar-refractivity contribution is 6.30. The van der Waals surface area contributed by atoms with Gasteiger partial charge in [-0.2, -0.15) is 0 Å². The molecule has 23 heavy (non-hydrogen) atoms. The van der Waals surface area contributed by atoms with Gasteiger partial charge in [-0.15, -0.1) is 24.8 Å². The maximum atomic E-state index is 12.2. The smallest absolute Gasteiger partial charge is 0.277 e. The molecule has 1 aromatic carbocycles. The number of aromatic amines is 1. The molecule has 0 aliphatic heterocycles. The summed E-state index contributed by atoms with van der Waals surface area (Å²) in [5.74, 6) is 0.572. The number of fused-ring (bicyclic) bond motifs is 1. The molecular formula is C14H16Cl3N5O. The first-order valence-electron chi connectivity index (χ1n) is 6.50. The largest absolute Gasteiger partial charge is 0.320 e. The molecule has 0 unspecified atom stereocenters. The second kappa shape index (κ2) is 8.31. The van der Waals surface area contributed by atoms with Crippen LogP contribution >= 0.6 is 36.4 Å². The lowest BCUT2D eigenvalue weighted by Gasteiger charge is -2.05. The van der Waals surface area contributed by atoms with Crippen molar-refractivity contribution < 1.29 is 0 Å². The maximum Gasteiger partial charge on any atom is 0.277 e. The molecule has 0 atom stereocenters. The van der Waals surface area contributed by atoms with E-state index in [2.05, 4.69) is 20.3 Å². The molecular weight excluding hydrogens is 361 g/mol. The van der Waals surface area contributed by atoms with Crippen LogP contribution < -0.4 is 10.9 Å². The number of rotatable bonds is 4. The molecule has 0 saturated carbocycles. The van der Waals surface area contributed by atoms with Crippen LogP contribution in [0.15, 0.2) is 35.4 Å². The predicted molar refractivity (Wildman–Crippen MR) is 96.0 cm³/mol. The van der Waals surface area contributed by atoms with E-state index in [1.165, 1.54) is 0 Å². The summed E-state index contributed by atoms with van der Waals surface area (Å²) < 4.78 is 1.77. The Morgan fingerprint density at radius 1 is 1.35 bits per heavy atom. The summed E-state index contributed by atoms with van der Waals surface area (Å²) in [4.78, 5) is 23.5. The minimum Gasteiger partial charge on any atom is -0.320 e. The normalized spacial score (nSPS) is 10.2. The number of hydrogen-bond donors (Lipinski definition) is 2. The molecule has 0 aliphatic carbocycles. The number of hydrogen-bond acceptors (Lipinski definition) is 4. The Kier molecular flexibility index (Phi) is 7.02. The molecule has 3 aromatic rings. The summed E-state index contributed by atoms with van der Waals surface area (Å²) in [5, 5.41) is 3.61. The van der Waals surface area contributed by atoms with Crippen molar-refractivity contribution in [1.29, 1.82) is 0 Å². The van der Waals surface area contributed by atoms with Gasteiger partial charge in [-0.25, -0.2) is 9.97 Å². The molecule has 2 aromatic heterocycles. The fraction of sp³-hybridized carbons (Fsp3) is 0.214. The second-order valence-electron chi connectivity index (χ2n) is 4.72. The minimum absolute atomic E-state index is 0. The van der Waals surface area contributed by atoms with Crippen molar-refractivity contribution in [3.05, 3.63) is 57.4 Å². The molecule has 0 spiro atoms. The standard InChI is InChI=1S/C14H14ClN5O.2ClH/c1-16-6-11-18-13-12(14(21)19-11)20(8-17-13)7-9-3-2-4-10(15)5-9;;/h2-5,8,16H,6-7H2,1H3,(H,18,19,21);2*1H. The summed E-state index contributed by atoms with van der Waals surface area (Å²) >= 11 is 5.98. The molecule has 0 amide bonds. The van der Waals surface area contributed by atoms with Gasteiger partial charge >= 0.3 is 0 Å². The van der Waals surface area contributed by atoms with E-state index < -0.39 is 0 Å². The second-order valence-corrected chi connectivity index (χ2v) is 5.15. The van der Waals surface area contributed by atoms with Gasteiger partial charge in [0.2, 0.25) is 0 Å². The van der Waals surface area contributed by atoms with Crippen LogP contribution in [0.1, 0.15) is 11.4 Å². The molecule has 3 rings (SSSR count). The van der Waals surface area contributed by atoms with Gasteiger partial charge in [-0.3, -0.25) is 4.79 Å². The summed E-state index contributed by atoms with van der Waals surface area (Å²) in [6, 6.07) is 7.51. The van der Waals surface area contributed by atoms with Gasteiger partial charge in [0.15, 0.2) is 11.2 Å². The summed E-state index contributed by atoms with van der Waals surface area (Å²) in [6.45, 7) is 1.01. The lowest BCUT2D eigenvalue weighted by atomic mass is 10.2.